The van der Waals surface area contributed by atoms with Crippen LogP contribution in [-0.4, -0.2) is 39.1 Å². The summed E-state index contributed by atoms with van der Waals surface area (Å²) >= 11 is 5.97. The molecule has 10 nitrogen and oxygen atoms in total. The number of nitrogens with zero attached hydrogens (tertiary/aromatic N) is 4. The van der Waals surface area contributed by atoms with E-state index in [1.54, 1.807) is 50.4 Å². The maximum absolute atomic E-state index is 15.7. The summed E-state index contributed by atoms with van der Waals surface area (Å²) in [6, 6.07) is 10.8. The zero-order chi connectivity index (χ0) is 30.0. The third kappa shape index (κ3) is 5.75. The van der Waals surface area contributed by atoms with E-state index in [2.05, 4.69) is 36.0 Å². The summed E-state index contributed by atoms with van der Waals surface area (Å²) in [4.78, 5) is 29.4. The van der Waals surface area contributed by atoms with E-state index in [4.69, 9.17) is 11.6 Å². The van der Waals surface area contributed by atoms with Crippen molar-refractivity contribution in [1.29, 1.82) is 0 Å². The molecule has 2 aromatic carbocycles. The number of pyridine rings is 1. The Balaban J connectivity index is 1.54. The van der Waals surface area contributed by atoms with E-state index in [1.807, 2.05) is 0 Å². The quantitative estimate of drug-likeness (QED) is 0.241. The van der Waals surface area contributed by atoms with Crippen LogP contribution in [0.15, 0.2) is 48.7 Å². The van der Waals surface area contributed by atoms with Crippen LogP contribution in [0, 0.1) is 24.5 Å². The standard InChI is InChI=1S/C29H28ClF2N7O3/c1-15-6-4-8-20(34-27-16(2)39(38-37-27)23-9-5-7-19(30)24(23)31)22-14-17(12-13-33-22)18-10-11-21(35-29(41)42-3)25(32)26(18)36-28(15)40/h5,7,9-15,20,34H,4,6,8H2,1-3H3,(H,35,41)(H,36,40)/t15-,20+/m1/s1. The zero-order valence-electron chi connectivity index (χ0n) is 23.0. The molecule has 0 aliphatic carbocycles. The molecule has 1 aliphatic rings. The number of methoxy groups -OCH3 is 1. The van der Waals surface area contributed by atoms with Crippen molar-refractivity contribution >= 4 is 40.8 Å². The molecule has 0 saturated carbocycles. The van der Waals surface area contributed by atoms with Crippen molar-refractivity contribution in [1.82, 2.24) is 20.0 Å². The number of fused-ring (bicyclic) bond motifs is 4. The minimum absolute atomic E-state index is 0.0275. The van der Waals surface area contributed by atoms with Crippen LogP contribution in [0.4, 0.5) is 30.8 Å². The first-order valence-corrected chi connectivity index (χ1v) is 13.6. The molecule has 0 spiro atoms. The summed E-state index contributed by atoms with van der Waals surface area (Å²) in [6.45, 7) is 3.53. The monoisotopic (exact) mass is 595 g/mol. The SMILES string of the molecule is COC(=O)Nc1ccc2c(c1F)NC(=O)[C@H](C)CCC[C@H](Nc1nnn(-c3cccc(Cl)c3F)c1C)c1cc-2ccn1. The molecule has 0 radical (unpaired) electrons. The smallest absolute Gasteiger partial charge is 0.411 e. The summed E-state index contributed by atoms with van der Waals surface area (Å²) in [5, 5.41) is 16.8. The number of benzene rings is 2. The predicted molar refractivity (Wildman–Crippen MR) is 155 cm³/mol. The summed E-state index contributed by atoms with van der Waals surface area (Å²) in [5.41, 5.74) is 2.18. The van der Waals surface area contributed by atoms with Crippen LogP contribution < -0.4 is 16.0 Å². The van der Waals surface area contributed by atoms with Gasteiger partial charge >= 0.3 is 6.09 Å². The van der Waals surface area contributed by atoms with Crippen LogP contribution in [0.25, 0.3) is 16.8 Å². The number of hydrogen-bond donors (Lipinski definition) is 3. The molecular weight excluding hydrogens is 568 g/mol. The summed E-state index contributed by atoms with van der Waals surface area (Å²) in [5.74, 6) is -1.78. The number of anilines is 3. The number of carbonyl (C=O) groups excluding carboxylic acids is 2. The van der Waals surface area contributed by atoms with Gasteiger partial charge in [0.05, 0.1) is 40.9 Å². The second kappa shape index (κ2) is 12.1. The van der Waals surface area contributed by atoms with Gasteiger partial charge in [0.15, 0.2) is 17.5 Å². The van der Waals surface area contributed by atoms with Crippen LogP contribution >= 0.6 is 11.6 Å². The first-order chi connectivity index (χ1) is 20.2. The fourth-order valence-electron chi connectivity index (χ4n) is 4.81. The second-order valence-corrected chi connectivity index (χ2v) is 10.4. The van der Waals surface area contributed by atoms with Crippen molar-refractivity contribution in [2.24, 2.45) is 5.92 Å². The lowest BCUT2D eigenvalue weighted by atomic mass is 9.95. The maximum Gasteiger partial charge on any atom is 0.411 e. The molecule has 2 atom stereocenters. The van der Waals surface area contributed by atoms with Crippen LogP contribution in [0.2, 0.25) is 5.02 Å². The molecular formula is C29H28ClF2N7O3. The van der Waals surface area contributed by atoms with Gasteiger partial charge in [0.25, 0.3) is 0 Å². The molecule has 0 unspecified atom stereocenters. The number of ether oxygens (including phenoxy) is 1. The van der Waals surface area contributed by atoms with Gasteiger partial charge in [-0.05, 0) is 55.7 Å². The molecule has 5 rings (SSSR count). The normalized spacial score (nSPS) is 16.9. The molecule has 2 bridgehead atoms. The lowest BCUT2D eigenvalue weighted by molar-refractivity contribution is -0.119. The molecule has 3 N–H and O–H groups in total. The fourth-order valence-corrected chi connectivity index (χ4v) is 4.98. The van der Waals surface area contributed by atoms with Gasteiger partial charge in [-0.15, -0.1) is 5.10 Å². The molecule has 4 aromatic rings. The highest BCUT2D eigenvalue weighted by Crippen LogP contribution is 2.37. The third-order valence-corrected chi connectivity index (χ3v) is 7.50. The highest BCUT2D eigenvalue weighted by molar-refractivity contribution is 6.30. The highest BCUT2D eigenvalue weighted by Gasteiger charge is 2.25. The Bertz CT molecular complexity index is 1660. The lowest BCUT2D eigenvalue weighted by Crippen LogP contribution is -2.23. The molecule has 0 fully saturated rings. The molecule has 1 aliphatic heterocycles. The maximum atomic E-state index is 15.7. The van der Waals surface area contributed by atoms with E-state index in [0.717, 1.165) is 0 Å². The number of amides is 2. The highest BCUT2D eigenvalue weighted by atomic mass is 35.5. The Morgan fingerprint density at radius 3 is 2.76 bits per heavy atom. The Kier molecular flexibility index (Phi) is 8.34. The second-order valence-electron chi connectivity index (χ2n) is 9.96. The van der Waals surface area contributed by atoms with Gasteiger partial charge in [-0.3, -0.25) is 15.1 Å². The molecule has 218 valence electrons. The molecule has 3 heterocycles. The fraction of sp³-hybridized carbons (Fsp3) is 0.276. The van der Waals surface area contributed by atoms with Gasteiger partial charge in [-0.25, -0.2) is 18.3 Å². The number of halogens is 3. The van der Waals surface area contributed by atoms with E-state index in [0.29, 0.717) is 47.6 Å². The van der Waals surface area contributed by atoms with Gasteiger partial charge in [0, 0.05) is 17.7 Å². The van der Waals surface area contributed by atoms with Crippen molar-refractivity contribution in [2.75, 3.05) is 23.1 Å². The van der Waals surface area contributed by atoms with Gasteiger partial charge in [0.2, 0.25) is 5.91 Å². The number of carbonyl (C=O) groups is 2. The van der Waals surface area contributed by atoms with Crippen LogP contribution in [0.3, 0.4) is 0 Å². The summed E-state index contributed by atoms with van der Waals surface area (Å²) in [6.07, 6.45) is 2.50. The van der Waals surface area contributed by atoms with E-state index in [-0.39, 0.29) is 34.0 Å². The van der Waals surface area contributed by atoms with E-state index in [1.165, 1.54) is 23.9 Å². The molecule has 13 heteroatoms. The van der Waals surface area contributed by atoms with Crippen molar-refractivity contribution in [3.8, 4) is 16.8 Å². The first kappa shape index (κ1) is 28.9. The van der Waals surface area contributed by atoms with E-state index < -0.39 is 23.6 Å². The van der Waals surface area contributed by atoms with Crippen molar-refractivity contribution in [3.05, 3.63) is 76.7 Å². The van der Waals surface area contributed by atoms with Gasteiger partial charge in [-0.2, -0.15) is 0 Å². The van der Waals surface area contributed by atoms with Gasteiger partial charge in [-0.1, -0.05) is 42.3 Å². The number of aromatic nitrogens is 4. The van der Waals surface area contributed by atoms with Gasteiger partial charge in [0.1, 0.15) is 5.69 Å². The third-order valence-electron chi connectivity index (χ3n) is 7.20. The number of rotatable bonds is 4. The van der Waals surface area contributed by atoms with Crippen LogP contribution in [-0.2, 0) is 9.53 Å². The lowest BCUT2D eigenvalue weighted by Gasteiger charge is -2.23. The molecule has 42 heavy (non-hydrogen) atoms. The minimum Gasteiger partial charge on any atom is -0.453 e. The largest absolute Gasteiger partial charge is 0.453 e. The summed E-state index contributed by atoms with van der Waals surface area (Å²) < 4.78 is 36.4. The minimum atomic E-state index is -0.841. The average Bonchev–Trinajstić information content (AvgIpc) is 3.34. The van der Waals surface area contributed by atoms with Gasteiger partial charge < -0.3 is 15.4 Å². The number of nitrogens with one attached hydrogen (secondary N) is 3. The number of hydrogen-bond acceptors (Lipinski definition) is 7. The zero-order valence-corrected chi connectivity index (χ0v) is 23.8. The Morgan fingerprint density at radius 2 is 1.98 bits per heavy atom. The van der Waals surface area contributed by atoms with Crippen molar-refractivity contribution in [3.63, 3.8) is 0 Å². The van der Waals surface area contributed by atoms with Crippen molar-refractivity contribution in [2.45, 2.75) is 39.2 Å². The van der Waals surface area contributed by atoms with Crippen LogP contribution in [0.5, 0.6) is 0 Å². The summed E-state index contributed by atoms with van der Waals surface area (Å²) in [7, 11) is 1.17. The predicted octanol–water partition coefficient (Wildman–Crippen LogP) is 6.66. The Labute approximate surface area is 245 Å². The topological polar surface area (TPSA) is 123 Å². The van der Waals surface area contributed by atoms with E-state index in [9.17, 15) is 14.0 Å². The average molecular weight is 596 g/mol. The van der Waals surface area contributed by atoms with Crippen LogP contribution in [0.1, 0.15) is 43.6 Å². The van der Waals surface area contributed by atoms with E-state index >= 15 is 4.39 Å². The Morgan fingerprint density at radius 1 is 1.17 bits per heavy atom. The Hall–Kier alpha value is -4.58. The molecule has 0 saturated heterocycles. The molecule has 2 aromatic heterocycles. The molecule has 2 amide bonds. The van der Waals surface area contributed by atoms with Crippen molar-refractivity contribution < 1.29 is 23.1 Å². The first-order valence-electron chi connectivity index (χ1n) is 13.3.